The molecule has 1 aromatic carbocycles. The lowest BCUT2D eigenvalue weighted by Crippen LogP contribution is -2.40. The van der Waals surface area contributed by atoms with Gasteiger partial charge in [-0.3, -0.25) is 9.59 Å². The molecule has 0 aromatic heterocycles. The Labute approximate surface area is 136 Å². The van der Waals surface area contributed by atoms with Gasteiger partial charge < -0.3 is 19.5 Å². The fourth-order valence-corrected chi connectivity index (χ4v) is 2.90. The molecule has 1 amide bonds. The molecule has 126 valence electrons. The van der Waals surface area contributed by atoms with Crippen LogP contribution in [-0.4, -0.2) is 54.3 Å². The summed E-state index contributed by atoms with van der Waals surface area (Å²) >= 11 is 0. The van der Waals surface area contributed by atoms with Crippen molar-refractivity contribution < 1.29 is 24.2 Å². The van der Waals surface area contributed by atoms with Crippen molar-refractivity contribution in [1.29, 1.82) is 0 Å². The van der Waals surface area contributed by atoms with Crippen LogP contribution in [0, 0.1) is 0 Å². The number of amides is 1. The maximum Gasteiger partial charge on any atom is 0.305 e. The minimum atomic E-state index is -0.915. The number of carboxylic acid groups (broad SMARTS) is 1. The fraction of sp³-hybridized carbons (Fsp3) is 0.529. The van der Waals surface area contributed by atoms with Gasteiger partial charge in [-0.2, -0.15) is 0 Å². The number of benzene rings is 1. The summed E-state index contributed by atoms with van der Waals surface area (Å²) in [6.07, 6.45) is 1.17. The molecule has 2 atom stereocenters. The van der Waals surface area contributed by atoms with Crippen molar-refractivity contribution in [2.45, 2.75) is 38.3 Å². The van der Waals surface area contributed by atoms with Gasteiger partial charge in [0.2, 0.25) is 0 Å². The number of likely N-dealkylation sites (tertiary alicyclic amines) is 1. The topological polar surface area (TPSA) is 76.1 Å². The van der Waals surface area contributed by atoms with Crippen LogP contribution in [0.1, 0.15) is 25.3 Å². The zero-order valence-electron chi connectivity index (χ0n) is 13.5. The SMILES string of the molecule is CCc1ccccc1OCC(=O)N1CC(OC)CC1CC(=O)O. The Bertz CT molecular complexity index is 560. The average molecular weight is 321 g/mol. The van der Waals surface area contributed by atoms with Gasteiger partial charge in [0.15, 0.2) is 6.61 Å². The Morgan fingerprint density at radius 1 is 1.35 bits per heavy atom. The first-order chi connectivity index (χ1) is 11.0. The zero-order chi connectivity index (χ0) is 16.8. The van der Waals surface area contributed by atoms with Gasteiger partial charge in [0, 0.05) is 19.7 Å². The second-order valence-electron chi connectivity index (χ2n) is 5.64. The molecule has 1 fully saturated rings. The summed E-state index contributed by atoms with van der Waals surface area (Å²) in [5.41, 5.74) is 1.04. The van der Waals surface area contributed by atoms with Crippen LogP contribution in [0.3, 0.4) is 0 Å². The second-order valence-corrected chi connectivity index (χ2v) is 5.64. The Hall–Kier alpha value is -2.08. The molecular formula is C17H23NO5. The van der Waals surface area contributed by atoms with Crippen LogP contribution >= 0.6 is 0 Å². The van der Waals surface area contributed by atoms with E-state index < -0.39 is 5.97 Å². The Kier molecular flexibility index (Phi) is 5.98. The lowest BCUT2D eigenvalue weighted by atomic mass is 10.1. The van der Waals surface area contributed by atoms with Crippen LogP contribution < -0.4 is 4.74 Å². The van der Waals surface area contributed by atoms with Gasteiger partial charge in [0.05, 0.1) is 12.5 Å². The smallest absolute Gasteiger partial charge is 0.305 e. The minimum absolute atomic E-state index is 0.0723. The predicted octanol–water partition coefficient (Wildman–Crippen LogP) is 1.72. The van der Waals surface area contributed by atoms with E-state index in [1.165, 1.54) is 0 Å². The second kappa shape index (κ2) is 7.97. The fourth-order valence-electron chi connectivity index (χ4n) is 2.90. The van der Waals surface area contributed by atoms with E-state index in [-0.39, 0.29) is 31.1 Å². The molecule has 0 bridgehead atoms. The number of carboxylic acids is 1. The maximum atomic E-state index is 12.4. The first-order valence-electron chi connectivity index (χ1n) is 7.79. The molecule has 0 aliphatic carbocycles. The van der Waals surface area contributed by atoms with Gasteiger partial charge in [-0.25, -0.2) is 0 Å². The van der Waals surface area contributed by atoms with Gasteiger partial charge in [0.25, 0.3) is 5.91 Å². The van der Waals surface area contributed by atoms with E-state index in [2.05, 4.69) is 0 Å². The molecular weight excluding hydrogens is 298 g/mol. The van der Waals surface area contributed by atoms with E-state index in [0.717, 1.165) is 12.0 Å². The number of hydrogen-bond donors (Lipinski definition) is 1. The van der Waals surface area contributed by atoms with Crippen LogP contribution in [0.2, 0.25) is 0 Å². The highest BCUT2D eigenvalue weighted by atomic mass is 16.5. The van der Waals surface area contributed by atoms with Crippen LogP contribution in [0.25, 0.3) is 0 Å². The van der Waals surface area contributed by atoms with Crippen LogP contribution in [0.15, 0.2) is 24.3 Å². The molecule has 6 heteroatoms. The number of hydrogen-bond acceptors (Lipinski definition) is 4. The maximum absolute atomic E-state index is 12.4. The van der Waals surface area contributed by atoms with Crippen LogP contribution in [0.4, 0.5) is 0 Å². The number of methoxy groups -OCH3 is 1. The highest BCUT2D eigenvalue weighted by Crippen LogP contribution is 2.24. The normalized spacial score (nSPS) is 20.5. The molecule has 0 saturated carbocycles. The molecule has 1 N–H and O–H groups in total. The van der Waals surface area contributed by atoms with E-state index in [4.69, 9.17) is 14.6 Å². The molecule has 2 rings (SSSR count). The summed E-state index contributed by atoms with van der Waals surface area (Å²) in [6.45, 7) is 2.34. The molecule has 1 aliphatic heterocycles. The van der Waals surface area contributed by atoms with E-state index >= 15 is 0 Å². The van der Waals surface area contributed by atoms with E-state index in [9.17, 15) is 9.59 Å². The number of aliphatic carboxylic acids is 1. The number of carbonyl (C=O) groups excluding carboxylic acids is 1. The van der Waals surface area contributed by atoms with Crippen molar-refractivity contribution in [3.63, 3.8) is 0 Å². The van der Waals surface area contributed by atoms with Crippen molar-refractivity contribution in [2.24, 2.45) is 0 Å². The number of rotatable bonds is 7. The summed E-state index contributed by atoms with van der Waals surface area (Å²) < 4.78 is 10.9. The molecule has 2 unspecified atom stereocenters. The molecule has 0 spiro atoms. The van der Waals surface area contributed by atoms with Crippen molar-refractivity contribution in [1.82, 2.24) is 4.90 Å². The Balaban J connectivity index is 1.99. The number of para-hydroxylation sites is 1. The summed E-state index contributed by atoms with van der Waals surface area (Å²) in [5, 5.41) is 9.00. The lowest BCUT2D eigenvalue weighted by molar-refractivity contribution is -0.140. The third kappa shape index (κ3) is 4.45. The Morgan fingerprint density at radius 3 is 2.74 bits per heavy atom. The number of ether oxygens (including phenoxy) is 2. The average Bonchev–Trinajstić information content (AvgIpc) is 2.95. The lowest BCUT2D eigenvalue weighted by Gasteiger charge is -2.23. The molecule has 23 heavy (non-hydrogen) atoms. The third-order valence-corrected chi connectivity index (χ3v) is 4.14. The van der Waals surface area contributed by atoms with Crippen LogP contribution in [-0.2, 0) is 20.7 Å². The van der Waals surface area contributed by atoms with E-state index in [1.807, 2.05) is 31.2 Å². The minimum Gasteiger partial charge on any atom is -0.483 e. The first kappa shape index (κ1) is 17.3. The quantitative estimate of drug-likeness (QED) is 0.827. The summed E-state index contributed by atoms with van der Waals surface area (Å²) in [6, 6.07) is 7.25. The number of carbonyl (C=O) groups is 2. The highest BCUT2D eigenvalue weighted by Gasteiger charge is 2.36. The standard InChI is InChI=1S/C17H23NO5/c1-3-12-6-4-5-7-15(12)23-11-16(19)18-10-14(22-2)8-13(18)9-17(20)21/h4-7,13-14H,3,8-11H2,1-2H3,(H,20,21). The van der Waals surface area contributed by atoms with Crippen molar-refractivity contribution in [2.75, 3.05) is 20.3 Å². The van der Waals surface area contributed by atoms with Gasteiger partial charge in [-0.1, -0.05) is 25.1 Å². The van der Waals surface area contributed by atoms with E-state index in [1.54, 1.807) is 12.0 Å². The first-order valence-corrected chi connectivity index (χ1v) is 7.79. The zero-order valence-corrected chi connectivity index (χ0v) is 13.5. The molecule has 6 nitrogen and oxygen atoms in total. The molecule has 0 radical (unpaired) electrons. The monoisotopic (exact) mass is 321 g/mol. The third-order valence-electron chi connectivity index (χ3n) is 4.14. The molecule has 1 aromatic rings. The Morgan fingerprint density at radius 2 is 2.09 bits per heavy atom. The van der Waals surface area contributed by atoms with Gasteiger partial charge in [-0.05, 0) is 24.5 Å². The molecule has 1 saturated heterocycles. The van der Waals surface area contributed by atoms with E-state index in [0.29, 0.717) is 18.7 Å². The summed E-state index contributed by atoms with van der Waals surface area (Å²) in [7, 11) is 1.57. The van der Waals surface area contributed by atoms with Gasteiger partial charge in [-0.15, -0.1) is 0 Å². The summed E-state index contributed by atoms with van der Waals surface area (Å²) in [5.74, 6) is -0.427. The van der Waals surface area contributed by atoms with Crippen LogP contribution in [0.5, 0.6) is 5.75 Å². The largest absolute Gasteiger partial charge is 0.483 e. The van der Waals surface area contributed by atoms with Crippen molar-refractivity contribution in [3.8, 4) is 5.75 Å². The van der Waals surface area contributed by atoms with Crippen molar-refractivity contribution in [3.05, 3.63) is 29.8 Å². The van der Waals surface area contributed by atoms with Gasteiger partial charge in [0.1, 0.15) is 5.75 Å². The van der Waals surface area contributed by atoms with Gasteiger partial charge >= 0.3 is 5.97 Å². The molecule has 1 aliphatic rings. The number of aryl methyl sites for hydroxylation is 1. The highest BCUT2D eigenvalue weighted by molar-refractivity contribution is 5.79. The predicted molar refractivity (Wildman–Crippen MR) is 84.5 cm³/mol. The molecule has 1 heterocycles. The number of nitrogens with zero attached hydrogens (tertiary/aromatic N) is 1. The summed E-state index contributed by atoms with van der Waals surface area (Å²) in [4.78, 5) is 25.0. The van der Waals surface area contributed by atoms with Crippen molar-refractivity contribution >= 4 is 11.9 Å².